The fourth-order valence-electron chi connectivity index (χ4n) is 2.98. The van der Waals surface area contributed by atoms with Gasteiger partial charge in [-0.05, 0) is 56.2 Å². The first kappa shape index (κ1) is 22.5. The first-order chi connectivity index (χ1) is 12.1. The quantitative estimate of drug-likeness (QED) is 0.322. The summed E-state index contributed by atoms with van der Waals surface area (Å²) in [6.45, 7) is 5.65. The van der Waals surface area contributed by atoms with Gasteiger partial charge in [0.25, 0.3) is 5.91 Å². The van der Waals surface area contributed by atoms with E-state index in [9.17, 15) is 4.79 Å². The van der Waals surface area contributed by atoms with Gasteiger partial charge in [0.05, 0.1) is 6.54 Å². The Labute approximate surface area is 173 Å². The molecule has 1 aromatic rings. The summed E-state index contributed by atoms with van der Waals surface area (Å²) in [5.41, 5.74) is 6.13. The molecule has 2 rings (SSSR count). The fourth-order valence-corrected chi connectivity index (χ4v) is 2.98. The van der Waals surface area contributed by atoms with Crippen LogP contribution < -0.4 is 21.1 Å². The zero-order valence-corrected chi connectivity index (χ0v) is 18.0. The van der Waals surface area contributed by atoms with Gasteiger partial charge in [-0.2, -0.15) is 0 Å². The van der Waals surface area contributed by atoms with E-state index in [1.54, 1.807) is 0 Å². The minimum Gasteiger partial charge on any atom is -0.484 e. The summed E-state index contributed by atoms with van der Waals surface area (Å²) in [5, 5.41) is 6.86. The Kier molecular flexibility index (Phi) is 10.4. The largest absolute Gasteiger partial charge is 0.484 e. The number of benzene rings is 1. The molecule has 0 bridgehead atoms. The second-order valence-corrected chi connectivity index (χ2v) is 6.70. The van der Waals surface area contributed by atoms with E-state index >= 15 is 0 Å². The Bertz CT molecular complexity index is 587. The molecule has 0 unspecified atom stereocenters. The van der Waals surface area contributed by atoms with Crippen molar-refractivity contribution in [3.63, 3.8) is 0 Å². The number of primary amides is 1. The highest BCUT2D eigenvalue weighted by Gasteiger charge is 2.18. The van der Waals surface area contributed by atoms with Crippen molar-refractivity contribution in [3.8, 4) is 5.75 Å². The van der Waals surface area contributed by atoms with Gasteiger partial charge in [-0.1, -0.05) is 19.1 Å². The standard InChI is InChI=1S/C19H30N4O2.HI/c1-3-21-19(23-16-9-7-14(2)8-10-16)22-12-15-5-4-6-17(11-15)25-13-18(20)24;/h4-6,11,14,16H,3,7-10,12-13H2,1-2H3,(H2,20,24)(H2,21,22,23);1H. The van der Waals surface area contributed by atoms with Gasteiger partial charge in [0.15, 0.2) is 12.6 Å². The molecule has 1 fully saturated rings. The first-order valence-electron chi connectivity index (χ1n) is 9.11. The van der Waals surface area contributed by atoms with Crippen LogP contribution in [0.4, 0.5) is 0 Å². The smallest absolute Gasteiger partial charge is 0.255 e. The number of rotatable bonds is 7. The average Bonchev–Trinajstić information content (AvgIpc) is 2.60. The zero-order valence-electron chi connectivity index (χ0n) is 15.7. The van der Waals surface area contributed by atoms with Crippen molar-refractivity contribution in [2.75, 3.05) is 13.2 Å². The zero-order chi connectivity index (χ0) is 18.1. The molecular formula is C19H31IN4O2. The van der Waals surface area contributed by atoms with Crippen LogP contribution in [-0.2, 0) is 11.3 Å². The van der Waals surface area contributed by atoms with E-state index in [0.29, 0.717) is 18.3 Å². The lowest BCUT2D eigenvalue weighted by Gasteiger charge is -2.28. The number of nitrogens with two attached hydrogens (primary N) is 1. The topological polar surface area (TPSA) is 88.7 Å². The van der Waals surface area contributed by atoms with E-state index in [1.807, 2.05) is 24.3 Å². The van der Waals surface area contributed by atoms with Gasteiger partial charge >= 0.3 is 0 Å². The number of guanidine groups is 1. The second kappa shape index (κ2) is 12.0. The van der Waals surface area contributed by atoms with Crippen LogP contribution in [0, 0.1) is 5.92 Å². The summed E-state index contributed by atoms with van der Waals surface area (Å²) < 4.78 is 5.34. The Morgan fingerprint density at radius 3 is 2.69 bits per heavy atom. The van der Waals surface area contributed by atoms with Gasteiger partial charge in [-0.3, -0.25) is 4.79 Å². The number of hydrogen-bond acceptors (Lipinski definition) is 3. The predicted molar refractivity (Wildman–Crippen MR) is 116 cm³/mol. The number of aliphatic imine (C=N–C) groups is 1. The Morgan fingerprint density at radius 1 is 1.31 bits per heavy atom. The van der Waals surface area contributed by atoms with Gasteiger partial charge in [-0.25, -0.2) is 4.99 Å². The van der Waals surface area contributed by atoms with Crippen LogP contribution in [0.5, 0.6) is 5.75 Å². The summed E-state index contributed by atoms with van der Waals surface area (Å²) in [5.74, 6) is 1.83. The molecule has 1 aromatic carbocycles. The van der Waals surface area contributed by atoms with E-state index in [4.69, 9.17) is 10.5 Å². The van der Waals surface area contributed by atoms with Gasteiger partial charge < -0.3 is 21.1 Å². The number of amides is 1. The molecule has 7 heteroatoms. The molecule has 26 heavy (non-hydrogen) atoms. The minimum absolute atomic E-state index is 0. The lowest BCUT2D eigenvalue weighted by molar-refractivity contribution is -0.119. The number of halogens is 1. The normalized spacial score (nSPS) is 20.0. The molecule has 0 spiro atoms. The number of nitrogens with zero attached hydrogens (tertiary/aromatic N) is 1. The maximum atomic E-state index is 10.8. The number of carbonyl (C=O) groups is 1. The summed E-state index contributed by atoms with van der Waals surface area (Å²) in [7, 11) is 0. The molecule has 1 aliphatic carbocycles. The molecule has 1 aliphatic rings. The molecule has 146 valence electrons. The summed E-state index contributed by atoms with van der Waals surface area (Å²) in [6.07, 6.45) is 4.94. The Hall–Kier alpha value is -1.51. The minimum atomic E-state index is -0.483. The molecule has 1 saturated carbocycles. The Balaban J connectivity index is 0.00000338. The van der Waals surface area contributed by atoms with Crippen LogP contribution in [0.25, 0.3) is 0 Å². The van der Waals surface area contributed by atoms with Crippen molar-refractivity contribution in [3.05, 3.63) is 29.8 Å². The second-order valence-electron chi connectivity index (χ2n) is 6.70. The molecule has 0 saturated heterocycles. The molecule has 0 heterocycles. The van der Waals surface area contributed by atoms with Gasteiger partial charge in [0.2, 0.25) is 0 Å². The third-order valence-electron chi connectivity index (χ3n) is 4.40. The molecule has 1 amide bonds. The maximum Gasteiger partial charge on any atom is 0.255 e. The molecule has 0 aromatic heterocycles. The van der Waals surface area contributed by atoms with E-state index < -0.39 is 5.91 Å². The van der Waals surface area contributed by atoms with E-state index in [0.717, 1.165) is 24.0 Å². The van der Waals surface area contributed by atoms with Crippen molar-refractivity contribution < 1.29 is 9.53 Å². The third kappa shape index (κ3) is 8.25. The highest BCUT2D eigenvalue weighted by molar-refractivity contribution is 14.0. The summed E-state index contributed by atoms with van der Waals surface area (Å²) in [4.78, 5) is 15.5. The Morgan fingerprint density at radius 2 is 2.04 bits per heavy atom. The third-order valence-corrected chi connectivity index (χ3v) is 4.40. The maximum absolute atomic E-state index is 10.8. The molecular weight excluding hydrogens is 443 g/mol. The van der Waals surface area contributed by atoms with Crippen molar-refractivity contribution >= 4 is 35.8 Å². The van der Waals surface area contributed by atoms with E-state index in [2.05, 4.69) is 29.5 Å². The monoisotopic (exact) mass is 474 g/mol. The van der Waals surface area contributed by atoms with Crippen LogP contribution >= 0.6 is 24.0 Å². The van der Waals surface area contributed by atoms with Crippen LogP contribution in [-0.4, -0.2) is 31.1 Å². The lowest BCUT2D eigenvalue weighted by Crippen LogP contribution is -2.44. The van der Waals surface area contributed by atoms with Crippen LogP contribution in [0.3, 0.4) is 0 Å². The van der Waals surface area contributed by atoms with Crippen LogP contribution in [0.2, 0.25) is 0 Å². The summed E-state index contributed by atoms with van der Waals surface area (Å²) in [6, 6.07) is 8.08. The van der Waals surface area contributed by atoms with Gasteiger partial charge in [0, 0.05) is 12.6 Å². The predicted octanol–water partition coefficient (Wildman–Crippen LogP) is 2.80. The number of nitrogens with one attached hydrogen (secondary N) is 2. The van der Waals surface area contributed by atoms with Crippen LogP contribution in [0.1, 0.15) is 45.1 Å². The summed E-state index contributed by atoms with van der Waals surface area (Å²) >= 11 is 0. The van der Waals surface area contributed by atoms with Crippen LogP contribution in [0.15, 0.2) is 29.3 Å². The first-order valence-corrected chi connectivity index (χ1v) is 9.11. The molecule has 4 N–H and O–H groups in total. The van der Waals surface area contributed by atoms with Gasteiger partial charge in [-0.15, -0.1) is 24.0 Å². The van der Waals surface area contributed by atoms with E-state index in [-0.39, 0.29) is 30.6 Å². The molecule has 0 atom stereocenters. The number of ether oxygens (including phenoxy) is 1. The number of hydrogen-bond donors (Lipinski definition) is 3. The lowest BCUT2D eigenvalue weighted by atomic mass is 9.87. The van der Waals surface area contributed by atoms with Crippen molar-refractivity contribution in [1.29, 1.82) is 0 Å². The number of carbonyl (C=O) groups excluding carboxylic acids is 1. The molecule has 0 aliphatic heterocycles. The highest BCUT2D eigenvalue weighted by atomic mass is 127. The van der Waals surface area contributed by atoms with Gasteiger partial charge in [0.1, 0.15) is 5.75 Å². The van der Waals surface area contributed by atoms with Crippen molar-refractivity contribution in [2.24, 2.45) is 16.6 Å². The molecule has 0 radical (unpaired) electrons. The highest BCUT2D eigenvalue weighted by Crippen LogP contribution is 2.23. The fraction of sp³-hybridized carbons (Fsp3) is 0.579. The SMILES string of the molecule is CCNC(=NCc1cccc(OCC(N)=O)c1)NC1CCC(C)CC1.I. The molecule has 6 nitrogen and oxygen atoms in total. The average molecular weight is 474 g/mol. The van der Waals surface area contributed by atoms with Crippen molar-refractivity contribution in [1.82, 2.24) is 10.6 Å². The van der Waals surface area contributed by atoms with E-state index in [1.165, 1.54) is 25.7 Å². The van der Waals surface area contributed by atoms with Crippen molar-refractivity contribution in [2.45, 2.75) is 52.1 Å².